The quantitative estimate of drug-likeness (QED) is 0.291. The second kappa shape index (κ2) is 11.3. The van der Waals surface area contributed by atoms with Crippen molar-refractivity contribution in [3.05, 3.63) is 78.0 Å². The topological polar surface area (TPSA) is 83.0 Å². The van der Waals surface area contributed by atoms with Gasteiger partial charge in [0.25, 0.3) is 5.60 Å². The number of alkyl halides is 6. The second-order valence-electron chi connectivity index (χ2n) is 9.31. The predicted octanol–water partition coefficient (Wildman–Crippen LogP) is 4.81. The fraction of sp³-hybridized carbons (Fsp3) is 0.346. The minimum atomic E-state index is -6.02. The largest absolute Gasteiger partial charge is 0.481 e. The Morgan fingerprint density at radius 3 is 2.17 bits per heavy atom. The summed E-state index contributed by atoms with van der Waals surface area (Å²) in [5, 5.41) is 9.74. The number of hydrogen-bond donors (Lipinski definition) is 2. The van der Waals surface area contributed by atoms with E-state index in [9.17, 15) is 39.9 Å². The van der Waals surface area contributed by atoms with E-state index in [1.54, 1.807) is 35.2 Å². The number of aromatic nitrogens is 1. The molecule has 0 amide bonds. The summed E-state index contributed by atoms with van der Waals surface area (Å²) in [6, 6.07) is 13.7. The van der Waals surface area contributed by atoms with Crippen LogP contribution in [0.1, 0.15) is 11.3 Å². The summed E-state index contributed by atoms with van der Waals surface area (Å²) in [7, 11) is -2.57. The van der Waals surface area contributed by atoms with Crippen molar-refractivity contribution in [2.24, 2.45) is 0 Å². The van der Waals surface area contributed by atoms with Gasteiger partial charge in [-0.05, 0) is 30.3 Å². The zero-order chi connectivity index (χ0) is 30.2. The Bertz CT molecular complexity index is 1470. The molecule has 0 saturated carbocycles. The van der Waals surface area contributed by atoms with E-state index in [-0.39, 0.29) is 41.5 Å². The van der Waals surface area contributed by atoms with Crippen LogP contribution in [0.5, 0.6) is 5.88 Å². The molecule has 1 aliphatic heterocycles. The van der Waals surface area contributed by atoms with Crippen LogP contribution < -0.4 is 9.64 Å². The van der Waals surface area contributed by atoms with Crippen LogP contribution in [-0.2, 0) is 22.0 Å². The van der Waals surface area contributed by atoms with Crippen molar-refractivity contribution in [3.63, 3.8) is 0 Å². The van der Waals surface area contributed by atoms with Crippen LogP contribution >= 0.6 is 12.6 Å². The van der Waals surface area contributed by atoms with Gasteiger partial charge in [0.15, 0.2) is 0 Å². The molecule has 1 aliphatic rings. The molecular weight excluding hydrogens is 596 g/mol. The molecule has 2 aromatic carbocycles. The Morgan fingerprint density at radius 1 is 0.951 bits per heavy atom. The Balaban J connectivity index is 1.70. The Kier molecular flexibility index (Phi) is 8.56. The van der Waals surface area contributed by atoms with Crippen molar-refractivity contribution in [2.75, 3.05) is 31.6 Å². The zero-order valence-electron chi connectivity index (χ0n) is 21.4. The molecule has 0 unspecified atom stereocenters. The highest BCUT2D eigenvalue weighted by atomic mass is 32.2. The molecule has 222 valence electrons. The van der Waals surface area contributed by atoms with E-state index in [0.717, 1.165) is 12.1 Å². The van der Waals surface area contributed by atoms with E-state index in [4.69, 9.17) is 4.74 Å². The number of piperazine rings is 1. The summed E-state index contributed by atoms with van der Waals surface area (Å²) in [6.07, 6.45) is -11.9. The van der Waals surface area contributed by atoms with E-state index in [1.807, 2.05) is 0 Å². The summed E-state index contributed by atoms with van der Waals surface area (Å²) < 4.78 is 114. The van der Waals surface area contributed by atoms with Crippen molar-refractivity contribution < 1.29 is 44.6 Å². The lowest BCUT2D eigenvalue weighted by Crippen LogP contribution is -2.56. The number of thiol groups is 1. The maximum Gasteiger partial charge on any atom is 0.430 e. The van der Waals surface area contributed by atoms with Gasteiger partial charge < -0.3 is 14.7 Å². The van der Waals surface area contributed by atoms with Gasteiger partial charge in [0.1, 0.15) is 0 Å². The molecule has 1 aromatic heterocycles. The number of rotatable bonds is 7. The summed E-state index contributed by atoms with van der Waals surface area (Å²) >= 11 is 4.26. The molecule has 3 aromatic rings. The van der Waals surface area contributed by atoms with Gasteiger partial charge in [-0.3, -0.25) is 0 Å². The van der Waals surface area contributed by atoms with Gasteiger partial charge in [-0.1, -0.05) is 30.3 Å². The van der Waals surface area contributed by atoms with Gasteiger partial charge >= 0.3 is 12.4 Å². The summed E-state index contributed by atoms with van der Waals surface area (Å²) in [5.41, 5.74) is -5.69. The molecule has 1 atom stereocenters. The Morgan fingerprint density at radius 2 is 1.59 bits per heavy atom. The lowest BCUT2D eigenvalue weighted by molar-refractivity contribution is -0.376. The number of halogens is 6. The minimum Gasteiger partial charge on any atom is -0.481 e. The fourth-order valence-electron chi connectivity index (χ4n) is 4.68. The zero-order valence-corrected chi connectivity index (χ0v) is 23.1. The van der Waals surface area contributed by atoms with Gasteiger partial charge in [-0.2, -0.15) is 30.6 Å². The number of benzene rings is 2. The molecule has 1 fully saturated rings. The number of anilines is 1. The van der Waals surface area contributed by atoms with E-state index < -0.39 is 39.6 Å². The van der Waals surface area contributed by atoms with Gasteiger partial charge in [0.05, 0.1) is 12.0 Å². The number of ether oxygens (including phenoxy) is 1. The smallest absolute Gasteiger partial charge is 0.430 e. The predicted molar refractivity (Wildman–Crippen MR) is 141 cm³/mol. The summed E-state index contributed by atoms with van der Waals surface area (Å²) in [4.78, 5) is 6.29. The number of pyridine rings is 1. The van der Waals surface area contributed by atoms with Gasteiger partial charge in [0.2, 0.25) is 15.9 Å². The van der Waals surface area contributed by atoms with Crippen LogP contribution in [0.3, 0.4) is 0 Å². The third-order valence-electron chi connectivity index (χ3n) is 6.80. The number of sulfonamides is 1. The first kappa shape index (κ1) is 30.9. The number of nitrogens with zero attached hydrogens (tertiary/aromatic N) is 3. The first-order valence-corrected chi connectivity index (χ1v) is 14.0. The van der Waals surface area contributed by atoms with E-state index >= 15 is 0 Å². The average molecular weight is 622 g/mol. The van der Waals surface area contributed by atoms with E-state index in [0.29, 0.717) is 23.7 Å². The monoisotopic (exact) mass is 621 g/mol. The Labute approximate surface area is 237 Å². The average Bonchev–Trinajstić information content (AvgIpc) is 2.91. The molecule has 41 heavy (non-hydrogen) atoms. The standard InChI is InChI=1S/C26H25F6N3O4S2/c1-39-23-8-4-5-18(33-23)15-20-16-34(41(37,38)22-7-3-2-6-21(22)40)13-14-35(20)19-11-9-17(10-12-19)24(36,25(27,28)29)26(30,31)32/h2-12,20,36,40H,13-16H2,1H3/t20-/m1/s1. The fourth-order valence-corrected chi connectivity index (χ4v) is 6.74. The van der Waals surface area contributed by atoms with Crippen molar-refractivity contribution in [1.82, 2.24) is 9.29 Å². The highest BCUT2D eigenvalue weighted by Gasteiger charge is 2.71. The van der Waals surface area contributed by atoms with Gasteiger partial charge in [-0.25, -0.2) is 13.4 Å². The van der Waals surface area contributed by atoms with Crippen molar-refractivity contribution in [2.45, 2.75) is 40.2 Å². The van der Waals surface area contributed by atoms with Gasteiger partial charge in [-0.15, -0.1) is 12.6 Å². The molecule has 7 nitrogen and oxygen atoms in total. The molecule has 1 saturated heterocycles. The maximum absolute atomic E-state index is 13.5. The molecule has 0 radical (unpaired) electrons. The lowest BCUT2D eigenvalue weighted by Gasteiger charge is -2.42. The molecule has 0 bridgehead atoms. The van der Waals surface area contributed by atoms with E-state index in [2.05, 4.69) is 17.6 Å². The molecule has 15 heteroatoms. The minimum absolute atomic E-state index is 0.00187. The first-order chi connectivity index (χ1) is 19.1. The van der Waals surface area contributed by atoms with E-state index in [1.165, 1.54) is 23.5 Å². The highest BCUT2D eigenvalue weighted by molar-refractivity contribution is 7.90. The van der Waals surface area contributed by atoms with Gasteiger partial charge in [0, 0.05) is 60.0 Å². The second-order valence-corrected chi connectivity index (χ2v) is 11.7. The normalized spacial score (nSPS) is 17.5. The number of aliphatic hydroxyl groups is 1. The third-order valence-corrected chi connectivity index (χ3v) is 9.27. The van der Waals surface area contributed by atoms with Crippen molar-refractivity contribution >= 4 is 28.3 Å². The molecule has 0 aliphatic carbocycles. The van der Waals surface area contributed by atoms with Crippen LogP contribution in [0.15, 0.2) is 76.5 Å². The van der Waals surface area contributed by atoms with Crippen molar-refractivity contribution in [3.8, 4) is 5.88 Å². The van der Waals surface area contributed by atoms with Crippen LogP contribution in [0, 0.1) is 0 Å². The third kappa shape index (κ3) is 5.98. The molecule has 2 heterocycles. The van der Waals surface area contributed by atoms with Crippen molar-refractivity contribution in [1.29, 1.82) is 0 Å². The lowest BCUT2D eigenvalue weighted by atomic mass is 9.92. The molecule has 0 spiro atoms. The SMILES string of the molecule is COc1cccc(C[C@@H]2CN(S(=O)(=O)c3ccccc3S)CCN2c2ccc(C(O)(C(F)(F)F)C(F)(F)F)cc2)n1. The van der Waals surface area contributed by atoms with Crippen LogP contribution in [-0.4, -0.2) is 68.0 Å². The van der Waals surface area contributed by atoms with Crippen LogP contribution in [0.25, 0.3) is 0 Å². The maximum atomic E-state index is 13.5. The molecular formula is C26H25F6N3O4S2. The first-order valence-electron chi connectivity index (χ1n) is 12.1. The summed E-state index contributed by atoms with van der Waals surface area (Å²) in [5.74, 6) is 0.307. The molecule has 1 N–H and O–H groups in total. The number of hydrogen-bond acceptors (Lipinski definition) is 7. The molecule has 4 rings (SSSR count). The Hall–Kier alpha value is -3.01. The van der Waals surface area contributed by atoms with Crippen LogP contribution in [0.2, 0.25) is 0 Å². The number of methoxy groups -OCH3 is 1. The summed E-state index contributed by atoms with van der Waals surface area (Å²) in [6.45, 7) is -0.0336. The van der Waals surface area contributed by atoms with Crippen LogP contribution in [0.4, 0.5) is 32.0 Å². The highest BCUT2D eigenvalue weighted by Crippen LogP contribution is 2.50.